The van der Waals surface area contributed by atoms with Crippen molar-refractivity contribution in [3.05, 3.63) is 29.6 Å². The van der Waals surface area contributed by atoms with Gasteiger partial charge in [0.25, 0.3) is 0 Å². The highest BCUT2D eigenvalue weighted by Gasteiger charge is 2.00. The standard InChI is InChI=1S/C11H15ClN2O.ClH/c1-9-4-2-6-13-10(9)5-3-7-14-11(15)8-12;/h2,4,6H,3,5,7-8H2,1H3,(H,14,15);1H. The summed E-state index contributed by atoms with van der Waals surface area (Å²) in [6, 6.07) is 3.97. The Morgan fingerprint density at radius 2 is 2.31 bits per heavy atom. The molecule has 1 aromatic heterocycles. The maximum atomic E-state index is 10.8. The lowest BCUT2D eigenvalue weighted by molar-refractivity contribution is -0.118. The molecule has 0 aromatic carbocycles. The van der Waals surface area contributed by atoms with Crippen LogP contribution in [0.2, 0.25) is 0 Å². The van der Waals surface area contributed by atoms with Crippen molar-refractivity contribution in [2.45, 2.75) is 19.8 Å². The first-order valence-electron chi connectivity index (χ1n) is 4.97. The van der Waals surface area contributed by atoms with Crippen molar-refractivity contribution < 1.29 is 4.79 Å². The van der Waals surface area contributed by atoms with E-state index in [0.717, 1.165) is 18.5 Å². The molecule has 0 aliphatic rings. The van der Waals surface area contributed by atoms with Crippen LogP contribution >= 0.6 is 24.0 Å². The number of aryl methyl sites for hydroxylation is 2. The molecule has 1 heterocycles. The first-order valence-corrected chi connectivity index (χ1v) is 5.50. The van der Waals surface area contributed by atoms with Crippen LogP contribution in [0.15, 0.2) is 18.3 Å². The topological polar surface area (TPSA) is 42.0 Å². The smallest absolute Gasteiger partial charge is 0.234 e. The molecule has 0 saturated carbocycles. The Balaban J connectivity index is 0.00000225. The van der Waals surface area contributed by atoms with Crippen molar-refractivity contribution in [3.63, 3.8) is 0 Å². The van der Waals surface area contributed by atoms with Crippen LogP contribution in [0.5, 0.6) is 0 Å². The van der Waals surface area contributed by atoms with Gasteiger partial charge < -0.3 is 5.32 Å². The summed E-state index contributed by atoms with van der Waals surface area (Å²) in [5.41, 5.74) is 2.29. The van der Waals surface area contributed by atoms with E-state index in [2.05, 4.69) is 10.3 Å². The maximum Gasteiger partial charge on any atom is 0.234 e. The summed E-state index contributed by atoms with van der Waals surface area (Å²) in [5, 5.41) is 2.72. The van der Waals surface area contributed by atoms with Crippen molar-refractivity contribution in [1.29, 1.82) is 0 Å². The minimum absolute atomic E-state index is 0. The van der Waals surface area contributed by atoms with Crippen molar-refractivity contribution in [2.75, 3.05) is 12.4 Å². The van der Waals surface area contributed by atoms with Gasteiger partial charge in [-0.2, -0.15) is 0 Å². The van der Waals surface area contributed by atoms with Gasteiger partial charge >= 0.3 is 0 Å². The first kappa shape index (κ1) is 15.2. The number of halogens is 2. The minimum atomic E-state index is -0.116. The maximum absolute atomic E-state index is 10.8. The number of aromatic nitrogens is 1. The summed E-state index contributed by atoms with van der Waals surface area (Å²) < 4.78 is 0. The molecule has 0 bridgehead atoms. The zero-order chi connectivity index (χ0) is 11.1. The minimum Gasteiger partial charge on any atom is -0.355 e. The molecule has 0 atom stereocenters. The second-order valence-corrected chi connectivity index (χ2v) is 3.62. The predicted octanol–water partition coefficient (Wildman–Crippen LogP) is 2.10. The van der Waals surface area contributed by atoms with Crippen LogP contribution in [0, 0.1) is 6.92 Å². The SMILES string of the molecule is Cc1cccnc1CCCNC(=O)CCl.Cl. The zero-order valence-corrected chi connectivity index (χ0v) is 10.8. The normalized spacial score (nSPS) is 9.38. The van der Waals surface area contributed by atoms with Crippen LogP contribution in [-0.4, -0.2) is 23.3 Å². The third-order valence-corrected chi connectivity index (χ3v) is 2.39. The fourth-order valence-electron chi connectivity index (χ4n) is 1.31. The molecule has 0 unspecified atom stereocenters. The van der Waals surface area contributed by atoms with Crippen LogP contribution in [0.25, 0.3) is 0 Å². The summed E-state index contributed by atoms with van der Waals surface area (Å²) in [7, 11) is 0. The molecule has 0 saturated heterocycles. The average Bonchev–Trinajstić information content (AvgIpc) is 2.26. The number of nitrogens with zero attached hydrogens (tertiary/aromatic N) is 1. The molecular weight excluding hydrogens is 247 g/mol. The van der Waals surface area contributed by atoms with Gasteiger partial charge in [0, 0.05) is 18.4 Å². The number of pyridine rings is 1. The molecule has 1 rings (SSSR count). The highest BCUT2D eigenvalue weighted by Crippen LogP contribution is 2.05. The third kappa shape index (κ3) is 5.33. The number of hydrogen-bond donors (Lipinski definition) is 1. The average molecular weight is 263 g/mol. The van der Waals surface area contributed by atoms with Gasteiger partial charge in [-0.15, -0.1) is 24.0 Å². The summed E-state index contributed by atoms with van der Waals surface area (Å²) in [6.45, 7) is 2.70. The van der Waals surface area contributed by atoms with Crippen LogP contribution in [0.4, 0.5) is 0 Å². The van der Waals surface area contributed by atoms with Crippen LogP contribution in [0.1, 0.15) is 17.7 Å². The Kier molecular flexibility index (Phi) is 7.95. The Morgan fingerprint density at radius 3 is 2.94 bits per heavy atom. The van der Waals surface area contributed by atoms with E-state index >= 15 is 0 Å². The highest BCUT2D eigenvalue weighted by molar-refractivity contribution is 6.27. The summed E-state index contributed by atoms with van der Waals surface area (Å²) >= 11 is 5.35. The first-order chi connectivity index (χ1) is 7.24. The summed E-state index contributed by atoms with van der Waals surface area (Å²) in [4.78, 5) is 15.1. The van der Waals surface area contributed by atoms with E-state index in [1.807, 2.05) is 19.1 Å². The number of alkyl halides is 1. The Hall–Kier alpha value is -0.800. The Morgan fingerprint density at radius 1 is 1.56 bits per heavy atom. The van der Waals surface area contributed by atoms with Gasteiger partial charge in [0.15, 0.2) is 0 Å². The third-order valence-electron chi connectivity index (χ3n) is 2.15. The molecule has 1 amide bonds. The fraction of sp³-hybridized carbons (Fsp3) is 0.455. The zero-order valence-electron chi connectivity index (χ0n) is 9.20. The van der Waals surface area contributed by atoms with Crippen molar-refractivity contribution in [2.24, 2.45) is 0 Å². The second kappa shape index (κ2) is 8.36. The van der Waals surface area contributed by atoms with Crippen molar-refractivity contribution >= 4 is 29.9 Å². The highest BCUT2D eigenvalue weighted by atomic mass is 35.5. The van der Waals surface area contributed by atoms with Crippen LogP contribution < -0.4 is 5.32 Å². The number of nitrogens with one attached hydrogen (secondary N) is 1. The molecule has 3 nitrogen and oxygen atoms in total. The lowest BCUT2D eigenvalue weighted by Crippen LogP contribution is -2.25. The monoisotopic (exact) mass is 262 g/mol. The lowest BCUT2D eigenvalue weighted by Gasteiger charge is -2.04. The summed E-state index contributed by atoms with van der Waals surface area (Å²) in [5.74, 6) is -0.0859. The van der Waals surface area contributed by atoms with E-state index in [4.69, 9.17) is 11.6 Å². The Bertz CT molecular complexity index is 332. The number of hydrogen-bond acceptors (Lipinski definition) is 2. The molecule has 5 heteroatoms. The van der Waals surface area contributed by atoms with E-state index < -0.39 is 0 Å². The van der Waals surface area contributed by atoms with Gasteiger partial charge in [0.2, 0.25) is 5.91 Å². The van der Waals surface area contributed by atoms with Gasteiger partial charge in [-0.1, -0.05) is 6.07 Å². The van der Waals surface area contributed by atoms with E-state index in [0.29, 0.717) is 6.54 Å². The molecule has 0 spiro atoms. The molecule has 0 fully saturated rings. The quantitative estimate of drug-likeness (QED) is 0.653. The van der Waals surface area contributed by atoms with Crippen molar-refractivity contribution in [3.8, 4) is 0 Å². The number of rotatable bonds is 5. The fourth-order valence-corrected chi connectivity index (χ4v) is 1.41. The molecule has 90 valence electrons. The molecular formula is C11H16Cl2N2O. The summed E-state index contributed by atoms with van der Waals surface area (Å²) in [6.07, 6.45) is 3.56. The molecule has 0 aliphatic carbocycles. The van der Waals surface area contributed by atoms with Gasteiger partial charge in [-0.05, 0) is 31.4 Å². The Labute approximate surface area is 107 Å². The van der Waals surface area contributed by atoms with Gasteiger partial charge in [-0.3, -0.25) is 9.78 Å². The van der Waals surface area contributed by atoms with E-state index in [1.54, 1.807) is 6.20 Å². The van der Waals surface area contributed by atoms with E-state index in [9.17, 15) is 4.79 Å². The van der Waals surface area contributed by atoms with E-state index in [-0.39, 0.29) is 24.2 Å². The number of carbonyl (C=O) groups is 1. The van der Waals surface area contributed by atoms with Gasteiger partial charge in [-0.25, -0.2) is 0 Å². The number of carbonyl (C=O) groups excluding carboxylic acids is 1. The molecule has 1 N–H and O–H groups in total. The van der Waals surface area contributed by atoms with Crippen molar-refractivity contribution in [1.82, 2.24) is 10.3 Å². The van der Waals surface area contributed by atoms with Crippen LogP contribution in [-0.2, 0) is 11.2 Å². The largest absolute Gasteiger partial charge is 0.355 e. The number of amides is 1. The molecule has 0 aliphatic heterocycles. The van der Waals surface area contributed by atoms with E-state index in [1.165, 1.54) is 5.56 Å². The van der Waals surface area contributed by atoms with Crippen LogP contribution in [0.3, 0.4) is 0 Å². The molecule has 0 radical (unpaired) electrons. The lowest BCUT2D eigenvalue weighted by atomic mass is 10.1. The van der Waals surface area contributed by atoms with Gasteiger partial charge in [0.05, 0.1) is 0 Å². The second-order valence-electron chi connectivity index (χ2n) is 3.35. The molecule has 16 heavy (non-hydrogen) atoms. The van der Waals surface area contributed by atoms with Gasteiger partial charge in [0.1, 0.15) is 5.88 Å². The predicted molar refractivity (Wildman–Crippen MR) is 68.3 cm³/mol. The molecule has 1 aromatic rings.